The van der Waals surface area contributed by atoms with Crippen molar-refractivity contribution in [1.82, 2.24) is 0 Å². The third kappa shape index (κ3) is 3.80. The van der Waals surface area contributed by atoms with Crippen LogP contribution in [0.1, 0.15) is 17.5 Å². The number of ketones is 1. The second-order valence-electron chi connectivity index (χ2n) is 6.70. The lowest BCUT2D eigenvalue weighted by molar-refractivity contribution is 0.0989. The van der Waals surface area contributed by atoms with Crippen molar-refractivity contribution in [3.63, 3.8) is 0 Å². The van der Waals surface area contributed by atoms with Crippen LogP contribution in [-0.4, -0.2) is 20.0 Å². The highest BCUT2D eigenvalue weighted by atomic mass is 16.5. The van der Waals surface area contributed by atoms with Gasteiger partial charge in [-0.15, -0.1) is 0 Å². The highest BCUT2D eigenvalue weighted by Crippen LogP contribution is 2.36. The summed E-state index contributed by atoms with van der Waals surface area (Å²) in [5.74, 6) is 1.56. The van der Waals surface area contributed by atoms with E-state index >= 15 is 0 Å². The van der Waals surface area contributed by atoms with E-state index < -0.39 is 0 Å². The molecule has 0 amide bonds. The fourth-order valence-corrected chi connectivity index (χ4v) is 3.25. The molecule has 5 heteroatoms. The Hall–Kier alpha value is -3.73. The maximum absolute atomic E-state index is 11.9. The van der Waals surface area contributed by atoms with E-state index in [1.165, 1.54) is 6.92 Å². The van der Waals surface area contributed by atoms with Gasteiger partial charge >= 0.3 is 0 Å². The predicted molar refractivity (Wildman–Crippen MR) is 114 cm³/mol. The average Bonchev–Trinajstić information content (AvgIpc) is 3.19. The first-order valence-corrected chi connectivity index (χ1v) is 9.21. The number of furan rings is 1. The number of hydrogen-bond donors (Lipinski definition) is 1. The summed E-state index contributed by atoms with van der Waals surface area (Å²) in [6.07, 6.45) is 0. The normalized spacial score (nSPS) is 10.7. The van der Waals surface area contributed by atoms with Crippen molar-refractivity contribution in [3.05, 3.63) is 72.5 Å². The van der Waals surface area contributed by atoms with Crippen LogP contribution in [0.2, 0.25) is 0 Å². The van der Waals surface area contributed by atoms with E-state index in [-0.39, 0.29) is 5.78 Å². The molecule has 3 aromatic carbocycles. The smallest absolute Gasteiger partial charge is 0.194 e. The lowest BCUT2D eigenvalue weighted by Gasteiger charge is -2.12. The summed E-state index contributed by atoms with van der Waals surface area (Å²) in [6, 6.07) is 21.4. The van der Waals surface area contributed by atoms with Gasteiger partial charge in [0.25, 0.3) is 0 Å². The molecule has 0 aliphatic rings. The van der Waals surface area contributed by atoms with E-state index in [0.717, 1.165) is 27.9 Å². The van der Waals surface area contributed by atoms with Crippen LogP contribution in [0.25, 0.3) is 22.1 Å². The highest BCUT2D eigenvalue weighted by Gasteiger charge is 2.15. The molecule has 1 heterocycles. The molecule has 1 N–H and O–H groups in total. The van der Waals surface area contributed by atoms with Gasteiger partial charge in [0.15, 0.2) is 17.1 Å². The monoisotopic (exact) mass is 387 g/mol. The molecule has 0 unspecified atom stereocenters. The number of hydrogen-bond acceptors (Lipinski definition) is 5. The third-order valence-corrected chi connectivity index (χ3v) is 4.70. The maximum atomic E-state index is 11.9. The van der Waals surface area contributed by atoms with Gasteiger partial charge in [-0.3, -0.25) is 4.79 Å². The Labute approximate surface area is 168 Å². The van der Waals surface area contributed by atoms with Crippen molar-refractivity contribution >= 4 is 28.1 Å². The predicted octanol–water partition coefficient (Wildman–Crippen LogP) is 6.06. The van der Waals surface area contributed by atoms with Gasteiger partial charge in [-0.2, -0.15) is 0 Å². The zero-order valence-corrected chi connectivity index (χ0v) is 16.5. The fourth-order valence-electron chi connectivity index (χ4n) is 3.25. The summed E-state index contributed by atoms with van der Waals surface area (Å²) in [4.78, 5) is 11.9. The topological polar surface area (TPSA) is 60.7 Å². The van der Waals surface area contributed by atoms with Gasteiger partial charge in [-0.25, -0.2) is 0 Å². The number of rotatable bonds is 6. The minimum absolute atomic E-state index is 0.114. The SMILES string of the molecule is COc1cc(Nc2cc(-c3ccccc3)cc3cc(C(C)=O)oc23)cc(OC)c1. The molecule has 4 aromatic rings. The minimum Gasteiger partial charge on any atom is -0.497 e. The first-order valence-electron chi connectivity index (χ1n) is 9.21. The Kier molecular flexibility index (Phi) is 4.96. The molecule has 0 radical (unpaired) electrons. The number of benzene rings is 3. The van der Waals surface area contributed by atoms with Crippen LogP contribution in [0.4, 0.5) is 11.4 Å². The fraction of sp³-hybridized carbons (Fsp3) is 0.125. The van der Waals surface area contributed by atoms with Crippen molar-refractivity contribution in [1.29, 1.82) is 0 Å². The van der Waals surface area contributed by atoms with Gasteiger partial charge in [0.05, 0.1) is 19.9 Å². The van der Waals surface area contributed by atoms with Gasteiger partial charge in [0, 0.05) is 36.2 Å². The van der Waals surface area contributed by atoms with E-state index in [2.05, 4.69) is 5.32 Å². The van der Waals surface area contributed by atoms with Gasteiger partial charge in [0.2, 0.25) is 0 Å². The first-order chi connectivity index (χ1) is 14.1. The molecular formula is C24H21NO4. The van der Waals surface area contributed by atoms with E-state index in [0.29, 0.717) is 22.8 Å². The quantitative estimate of drug-likeness (QED) is 0.407. The Morgan fingerprint density at radius 2 is 1.55 bits per heavy atom. The summed E-state index contributed by atoms with van der Waals surface area (Å²) in [5.41, 5.74) is 4.26. The zero-order valence-electron chi connectivity index (χ0n) is 16.5. The van der Waals surface area contributed by atoms with Gasteiger partial charge in [0.1, 0.15) is 11.5 Å². The number of carbonyl (C=O) groups is 1. The van der Waals surface area contributed by atoms with E-state index in [1.807, 2.05) is 60.7 Å². The summed E-state index contributed by atoms with van der Waals surface area (Å²) in [5, 5.41) is 4.25. The molecule has 146 valence electrons. The Morgan fingerprint density at radius 1 is 0.862 bits per heavy atom. The Balaban J connectivity index is 1.86. The van der Waals surface area contributed by atoms with Gasteiger partial charge in [-0.1, -0.05) is 30.3 Å². The van der Waals surface area contributed by atoms with Crippen molar-refractivity contribution in [2.45, 2.75) is 6.92 Å². The molecule has 5 nitrogen and oxygen atoms in total. The Morgan fingerprint density at radius 3 is 2.17 bits per heavy atom. The first kappa shape index (κ1) is 18.6. The van der Waals surface area contributed by atoms with E-state index in [1.54, 1.807) is 20.3 Å². The summed E-state index contributed by atoms with van der Waals surface area (Å²) < 4.78 is 16.6. The number of ether oxygens (including phenoxy) is 2. The third-order valence-electron chi connectivity index (χ3n) is 4.70. The van der Waals surface area contributed by atoms with E-state index in [4.69, 9.17) is 13.9 Å². The molecule has 0 fully saturated rings. The van der Waals surface area contributed by atoms with Crippen molar-refractivity contribution in [2.75, 3.05) is 19.5 Å². The molecule has 0 atom stereocenters. The maximum Gasteiger partial charge on any atom is 0.194 e. The number of carbonyl (C=O) groups excluding carboxylic acids is 1. The van der Waals surface area contributed by atoms with Crippen molar-refractivity contribution < 1.29 is 18.7 Å². The minimum atomic E-state index is -0.114. The summed E-state index contributed by atoms with van der Waals surface area (Å²) >= 11 is 0. The number of anilines is 2. The second-order valence-corrected chi connectivity index (χ2v) is 6.70. The highest BCUT2D eigenvalue weighted by molar-refractivity contribution is 6.01. The zero-order chi connectivity index (χ0) is 20.4. The van der Waals surface area contributed by atoms with Crippen LogP contribution < -0.4 is 14.8 Å². The number of fused-ring (bicyclic) bond motifs is 1. The number of Topliss-reactive ketones (excluding diaryl/α,β-unsaturated/α-hetero) is 1. The van der Waals surface area contributed by atoms with Gasteiger partial charge in [-0.05, 0) is 29.3 Å². The van der Waals surface area contributed by atoms with Crippen LogP contribution >= 0.6 is 0 Å². The van der Waals surface area contributed by atoms with Crippen LogP contribution in [0.5, 0.6) is 11.5 Å². The summed E-state index contributed by atoms with van der Waals surface area (Å²) in [6.45, 7) is 1.50. The Bertz CT molecular complexity index is 1160. The molecule has 0 aliphatic carbocycles. The molecule has 0 saturated carbocycles. The molecule has 0 bridgehead atoms. The molecule has 0 saturated heterocycles. The molecule has 0 spiro atoms. The van der Waals surface area contributed by atoms with Gasteiger partial charge < -0.3 is 19.2 Å². The number of nitrogens with one attached hydrogen (secondary N) is 1. The summed E-state index contributed by atoms with van der Waals surface area (Å²) in [7, 11) is 3.22. The molecule has 0 aliphatic heterocycles. The molecular weight excluding hydrogens is 366 g/mol. The van der Waals surface area contributed by atoms with Crippen LogP contribution in [-0.2, 0) is 0 Å². The lowest BCUT2D eigenvalue weighted by atomic mass is 10.0. The molecule has 4 rings (SSSR count). The standard InChI is InChI=1S/C24H21NO4/c1-15(26)23-11-18-9-17(16-7-5-4-6-8-16)10-22(24(18)29-23)25-19-12-20(27-2)14-21(13-19)28-3/h4-14,25H,1-3H3. The van der Waals surface area contributed by atoms with Crippen molar-refractivity contribution in [2.24, 2.45) is 0 Å². The van der Waals surface area contributed by atoms with Crippen molar-refractivity contribution in [3.8, 4) is 22.6 Å². The molecule has 1 aromatic heterocycles. The molecule has 29 heavy (non-hydrogen) atoms. The second kappa shape index (κ2) is 7.72. The lowest BCUT2D eigenvalue weighted by Crippen LogP contribution is -1.95. The van der Waals surface area contributed by atoms with Crippen LogP contribution in [0.15, 0.2) is 71.1 Å². The number of methoxy groups -OCH3 is 2. The van der Waals surface area contributed by atoms with Crippen LogP contribution in [0.3, 0.4) is 0 Å². The largest absolute Gasteiger partial charge is 0.497 e. The van der Waals surface area contributed by atoms with E-state index in [9.17, 15) is 4.79 Å². The van der Waals surface area contributed by atoms with Crippen LogP contribution in [0, 0.1) is 0 Å². The average molecular weight is 387 g/mol.